The van der Waals surface area contributed by atoms with Crippen LogP contribution in [0.15, 0.2) is 61.2 Å². The van der Waals surface area contributed by atoms with E-state index < -0.39 is 0 Å². The van der Waals surface area contributed by atoms with Gasteiger partial charge in [0.05, 0.1) is 17.4 Å². The third-order valence-electron chi connectivity index (χ3n) is 3.66. The Morgan fingerprint density at radius 2 is 1.90 bits per heavy atom. The highest BCUT2D eigenvalue weighted by Crippen LogP contribution is 2.23. The molecule has 0 spiro atoms. The van der Waals surface area contributed by atoms with Crippen molar-refractivity contribution in [2.75, 3.05) is 0 Å². The van der Waals surface area contributed by atoms with Crippen molar-refractivity contribution >= 4 is 11.0 Å². The zero-order chi connectivity index (χ0) is 14.2. The molecule has 0 fully saturated rings. The lowest BCUT2D eigenvalue weighted by atomic mass is 10.2. The molecular weight excluding hydrogens is 260 g/mol. The van der Waals surface area contributed by atoms with E-state index in [-0.39, 0.29) is 0 Å². The predicted octanol–water partition coefficient (Wildman–Crippen LogP) is 3.72. The fourth-order valence-electron chi connectivity index (χ4n) is 2.52. The summed E-state index contributed by atoms with van der Waals surface area (Å²) in [5.41, 5.74) is 5.46. The van der Waals surface area contributed by atoms with E-state index in [0.29, 0.717) is 0 Å². The number of hydrogen-bond acceptors (Lipinski definition) is 2. The van der Waals surface area contributed by atoms with Gasteiger partial charge in [0.15, 0.2) is 0 Å². The van der Waals surface area contributed by atoms with E-state index in [0.717, 1.165) is 28.1 Å². The van der Waals surface area contributed by atoms with Crippen LogP contribution in [0.2, 0.25) is 0 Å². The first-order valence-corrected chi connectivity index (χ1v) is 6.85. The van der Waals surface area contributed by atoms with Gasteiger partial charge in [-0.3, -0.25) is 0 Å². The molecule has 2 heterocycles. The Morgan fingerprint density at radius 1 is 1.05 bits per heavy atom. The Bertz CT molecular complexity index is 886. The molecule has 2 aromatic carbocycles. The molecule has 0 unspecified atom stereocenters. The van der Waals surface area contributed by atoms with Gasteiger partial charge in [-0.05, 0) is 42.8 Å². The van der Waals surface area contributed by atoms with Crippen LogP contribution >= 0.6 is 0 Å². The Balaban J connectivity index is 1.76. The van der Waals surface area contributed by atoms with Crippen LogP contribution in [-0.4, -0.2) is 19.5 Å². The zero-order valence-electron chi connectivity index (χ0n) is 11.6. The van der Waals surface area contributed by atoms with Gasteiger partial charge in [0, 0.05) is 23.6 Å². The summed E-state index contributed by atoms with van der Waals surface area (Å²) in [6.07, 6.45) is 5.50. The highest BCUT2D eigenvalue weighted by Gasteiger charge is 2.07. The van der Waals surface area contributed by atoms with Crippen molar-refractivity contribution in [1.29, 1.82) is 0 Å². The highest BCUT2D eigenvalue weighted by atomic mass is 15.0. The molecule has 0 radical (unpaired) electrons. The minimum absolute atomic E-state index is 0.900. The lowest BCUT2D eigenvalue weighted by Crippen LogP contribution is -1.89. The maximum Gasteiger partial charge on any atom is 0.138 e. The van der Waals surface area contributed by atoms with E-state index in [4.69, 9.17) is 4.98 Å². The topological polar surface area (TPSA) is 46.5 Å². The van der Waals surface area contributed by atoms with E-state index >= 15 is 0 Å². The SMILES string of the molecule is Cc1cccc2[nH]c(-c3ccc(-n4ccnc4)cc3)nc12. The normalized spacial score (nSPS) is 11.1. The molecule has 0 aliphatic heterocycles. The molecule has 4 aromatic rings. The summed E-state index contributed by atoms with van der Waals surface area (Å²) in [5.74, 6) is 0.900. The Labute approximate surface area is 122 Å². The van der Waals surface area contributed by atoms with Gasteiger partial charge in [-0.1, -0.05) is 12.1 Å². The van der Waals surface area contributed by atoms with Gasteiger partial charge >= 0.3 is 0 Å². The molecular formula is C17H14N4. The number of nitrogens with one attached hydrogen (secondary N) is 1. The molecule has 2 aromatic heterocycles. The molecule has 102 valence electrons. The predicted molar refractivity (Wildman–Crippen MR) is 83.4 cm³/mol. The molecule has 1 N–H and O–H groups in total. The smallest absolute Gasteiger partial charge is 0.138 e. The number of aromatic nitrogens is 4. The molecule has 0 atom stereocenters. The molecule has 4 rings (SSSR count). The molecule has 21 heavy (non-hydrogen) atoms. The number of aromatic amines is 1. The summed E-state index contributed by atoms with van der Waals surface area (Å²) in [6, 6.07) is 14.5. The van der Waals surface area contributed by atoms with Gasteiger partial charge in [-0.25, -0.2) is 9.97 Å². The van der Waals surface area contributed by atoms with E-state index in [2.05, 4.69) is 53.3 Å². The second kappa shape index (κ2) is 4.59. The average molecular weight is 274 g/mol. The summed E-state index contributed by atoms with van der Waals surface area (Å²) in [4.78, 5) is 12.1. The quantitative estimate of drug-likeness (QED) is 0.605. The number of rotatable bonds is 2. The largest absolute Gasteiger partial charge is 0.338 e. The lowest BCUT2D eigenvalue weighted by molar-refractivity contribution is 1.06. The highest BCUT2D eigenvalue weighted by molar-refractivity contribution is 5.82. The van der Waals surface area contributed by atoms with Gasteiger partial charge in [-0.15, -0.1) is 0 Å². The number of imidazole rings is 2. The summed E-state index contributed by atoms with van der Waals surface area (Å²) in [7, 11) is 0. The van der Waals surface area contributed by atoms with Gasteiger partial charge in [0.25, 0.3) is 0 Å². The fraction of sp³-hybridized carbons (Fsp3) is 0.0588. The number of aryl methyl sites for hydroxylation is 1. The van der Waals surface area contributed by atoms with Crippen molar-refractivity contribution in [2.45, 2.75) is 6.92 Å². The molecule has 0 amide bonds. The first kappa shape index (κ1) is 11.9. The molecule has 4 heteroatoms. The number of hydrogen-bond donors (Lipinski definition) is 1. The van der Waals surface area contributed by atoms with Gasteiger partial charge in [0.2, 0.25) is 0 Å². The Hall–Kier alpha value is -2.88. The summed E-state index contributed by atoms with van der Waals surface area (Å²) < 4.78 is 1.98. The summed E-state index contributed by atoms with van der Waals surface area (Å²) >= 11 is 0. The standard InChI is InChI=1S/C17H14N4/c1-12-3-2-4-15-16(12)20-17(19-15)13-5-7-14(8-6-13)21-10-9-18-11-21/h2-11H,1H3,(H,19,20). The first-order valence-electron chi connectivity index (χ1n) is 6.85. The molecule has 0 saturated carbocycles. The first-order chi connectivity index (χ1) is 10.3. The molecule has 0 aliphatic rings. The number of para-hydroxylation sites is 1. The molecule has 0 bridgehead atoms. The molecule has 4 nitrogen and oxygen atoms in total. The van der Waals surface area contributed by atoms with Crippen molar-refractivity contribution in [1.82, 2.24) is 19.5 Å². The second-order valence-electron chi connectivity index (χ2n) is 5.07. The fourth-order valence-corrected chi connectivity index (χ4v) is 2.52. The van der Waals surface area contributed by atoms with Crippen LogP contribution in [0.25, 0.3) is 28.1 Å². The van der Waals surface area contributed by atoms with Crippen molar-refractivity contribution in [2.24, 2.45) is 0 Å². The third kappa shape index (κ3) is 2.01. The van der Waals surface area contributed by atoms with Crippen LogP contribution in [0.4, 0.5) is 0 Å². The zero-order valence-corrected chi connectivity index (χ0v) is 11.6. The number of benzene rings is 2. The maximum atomic E-state index is 4.70. The lowest BCUT2D eigenvalue weighted by Gasteiger charge is -2.02. The van der Waals surface area contributed by atoms with E-state index in [9.17, 15) is 0 Å². The van der Waals surface area contributed by atoms with Gasteiger partial charge < -0.3 is 9.55 Å². The third-order valence-corrected chi connectivity index (χ3v) is 3.66. The van der Waals surface area contributed by atoms with Crippen molar-refractivity contribution in [3.63, 3.8) is 0 Å². The van der Waals surface area contributed by atoms with Crippen molar-refractivity contribution in [3.05, 3.63) is 66.7 Å². The minimum atomic E-state index is 0.900. The number of H-pyrrole nitrogens is 1. The van der Waals surface area contributed by atoms with Gasteiger partial charge in [-0.2, -0.15) is 0 Å². The minimum Gasteiger partial charge on any atom is -0.338 e. The second-order valence-corrected chi connectivity index (χ2v) is 5.07. The van der Waals surface area contributed by atoms with Crippen LogP contribution in [0.3, 0.4) is 0 Å². The van der Waals surface area contributed by atoms with Crippen molar-refractivity contribution in [3.8, 4) is 17.1 Å². The summed E-state index contributed by atoms with van der Waals surface area (Å²) in [6.45, 7) is 2.08. The maximum absolute atomic E-state index is 4.70. The summed E-state index contributed by atoms with van der Waals surface area (Å²) in [5, 5.41) is 0. The van der Waals surface area contributed by atoms with Crippen LogP contribution in [0.5, 0.6) is 0 Å². The molecule has 0 aliphatic carbocycles. The monoisotopic (exact) mass is 274 g/mol. The van der Waals surface area contributed by atoms with Crippen LogP contribution in [0, 0.1) is 6.92 Å². The molecule has 0 saturated heterocycles. The van der Waals surface area contributed by atoms with Crippen LogP contribution in [-0.2, 0) is 0 Å². The van der Waals surface area contributed by atoms with E-state index in [1.807, 2.05) is 16.8 Å². The number of nitrogens with zero attached hydrogens (tertiary/aromatic N) is 3. The van der Waals surface area contributed by atoms with Crippen LogP contribution < -0.4 is 0 Å². The van der Waals surface area contributed by atoms with E-state index in [1.54, 1.807) is 12.5 Å². The van der Waals surface area contributed by atoms with Crippen molar-refractivity contribution < 1.29 is 0 Å². The Kier molecular flexibility index (Phi) is 2.60. The van der Waals surface area contributed by atoms with Gasteiger partial charge in [0.1, 0.15) is 5.82 Å². The number of fused-ring (bicyclic) bond motifs is 1. The Morgan fingerprint density at radius 3 is 2.62 bits per heavy atom. The van der Waals surface area contributed by atoms with E-state index in [1.165, 1.54) is 5.56 Å². The van der Waals surface area contributed by atoms with Crippen LogP contribution in [0.1, 0.15) is 5.56 Å². The average Bonchev–Trinajstić information content (AvgIpc) is 3.18.